The molecule has 1 heterocycles. The maximum atomic E-state index is 13.9. The molecule has 5 rings (SSSR count). The molecule has 0 bridgehead atoms. The lowest BCUT2D eigenvalue weighted by Gasteiger charge is -2.31. The number of nitrogens with one attached hydrogen (secondary N) is 1. The van der Waals surface area contributed by atoms with Crippen LogP contribution in [0, 0.1) is 0 Å². The van der Waals surface area contributed by atoms with Gasteiger partial charge in [-0.1, -0.05) is 83.9 Å². The minimum Gasteiger partial charge on any atom is -0.387 e. The Kier molecular flexibility index (Phi) is 6.75. The lowest BCUT2D eigenvalue weighted by atomic mass is 9.89. The van der Waals surface area contributed by atoms with Crippen molar-refractivity contribution >= 4 is 34.7 Å². The summed E-state index contributed by atoms with van der Waals surface area (Å²) < 4.78 is 0. The number of β-amino-alcohol motifs (C(OH)–C–C–N with tert-alkyl or cyclic N) is 1. The molecule has 1 fully saturated rings. The summed E-state index contributed by atoms with van der Waals surface area (Å²) in [5.41, 5.74) is 5.14. The molecule has 6 heteroatoms. The van der Waals surface area contributed by atoms with Crippen LogP contribution in [0.4, 0.5) is 0 Å². The number of carbonyl (C=O) groups excluding carboxylic acids is 1. The second-order valence-electron chi connectivity index (χ2n) is 8.86. The summed E-state index contributed by atoms with van der Waals surface area (Å²) in [7, 11) is 0. The van der Waals surface area contributed by atoms with Gasteiger partial charge in [0.2, 0.25) is 0 Å². The molecule has 3 aromatic rings. The Morgan fingerprint density at radius 1 is 0.941 bits per heavy atom. The Labute approximate surface area is 209 Å². The van der Waals surface area contributed by atoms with Gasteiger partial charge in [0.15, 0.2) is 0 Å². The highest BCUT2D eigenvalue weighted by atomic mass is 35.5. The fourth-order valence-corrected chi connectivity index (χ4v) is 4.95. The number of rotatable bonds is 6. The van der Waals surface area contributed by atoms with Crippen molar-refractivity contribution in [2.24, 2.45) is 0 Å². The monoisotopic (exact) mass is 492 g/mol. The molecule has 0 aromatic heterocycles. The number of halogens is 2. The van der Waals surface area contributed by atoms with Crippen molar-refractivity contribution in [3.8, 4) is 11.1 Å². The summed E-state index contributed by atoms with van der Waals surface area (Å²) in [4.78, 5) is 15.8. The number of hydrogen-bond donors (Lipinski definition) is 2. The van der Waals surface area contributed by atoms with Gasteiger partial charge in [-0.25, -0.2) is 0 Å². The average Bonchev–Trinajstić information content (AvgIpc) is 3.70. The van der Waals surface area contributed by atoms with Gasteiger partial charge >= 0.3 is 0 Å². The fourth-order valence-electron chi connectivity index (χ4n) is 4.57. The highest BCUT2D eigenvalue weighted by Crippen LogP contribution is 2.35. The molecule has 2 N–H and O–H groups in total. The third kappa shape index (κ3) is 4.77. The Hall–Kier alpha value is -2.63. The van der Waals surface area contributed by atoms with Gasteiger partial charge < -0.3 is 15.3 Å². The number of amides is 1. The smallest absolute Gasteiger partial charge is 0.252 e. The molecule has 1 saturated carbocycles. The molecule has 1 aliphatic heterocycles. The van der Waals surface area contributed by atoms with E-state index in [1.807, 2.05) is 53.4 Å². The maximum Gasteiger partial charge on any atom is 0.252 e. The molecule has 2 aliphatic rings. The normalized spacial score (nSPS) is 18.1. The first-order valence-electron chi connectivity index (χ1n) is 11.5. The van der Waals surface area contributed by atoms with Gasteiger partial charge in [-0.3, -0.25) is 4.79 Å². The van der Waals surface area contributed by atoms with E-state index in [0.717, 1.165) is 35.1 Å². The molecule has 3 aromatic carbocycles. The molecular formula is C28H26Cl2N2O2. The lowest BCUT2D eigenvalue weighted by molar-refractivity contribution is -0.128. The topological polar surface area (TPSA) is 52.6 Å². The first kappa shape index (κ1) is 23.1. The van der Waals surface area contributed by atoms with Gasteiger partial charge in [-0.2, -0.15) is 0 Å². The summed E-state index contributed by atoms with van der Waals surface area (Å²) in [5, 5.41) is 15.1. The van der Waals surface area contributed by atoms with Crippen LogP contribution in [0.25, 0.3) is 16.7 Å². The van der Waals surface area contributed by atoms with Gasteiger partial charge in [0.05, 0.1) is 16.1 Å². The zero-order chi connectivity index (χ0) is 23.7. The van der Waals surface area contributed by atoms with E-state index in [-0.39, 0.29) is 11.9 Å². The predicted molar refractivity (Wildman–Crippen MR) is 138 cm³/mol. The number of aliphatic hydroxyl groups is 1. The average molecular weight is 493 g/mol. The second-order valence-corrected chi connectivity index (χ2v) is 9.65. The van der Waals surface area contributed by atoms with E-state index in [0.29, 0.717) is 40.8 Å². The molecule has 174 valence electrons. The van der Waals surface area contributed by atoms with E-state index in [1.165, 1.54) is 0 Å². The minimum absolute atomic E-state index is 0.0649. The Balaban J connectivity index is 1.53. The molecule has 0 radical (unpaired) electrons. The summed E-state index contributed by atoms with van der Waals surface area (Å²) in [5.74, 6) is -0.0649. The molecule has 1 aliphatic carbocycles. The number of benzene rings is 3. The van der Waals surface area contributed by atoms with Crippen molar-refractivity contribution in [3.63, 3.8) is 0 Å². The molecule has 34 heavy (non-hydrogen) atoms. The van der Waals surface area contributed by atoms with Crippen LogP contribution in [0.1, 0.15) is 24.0 Å². The van der Waals surface area contributed by atoms with Crippen molar-refractivity contribution in [2.75, 3.05) is 13.1 Å². The van der Waals surface area contributed by atoms with E-state index in [1.54, 1.807) is 6.07 Å². The van der Waals surface area contributed by atoms with E-state index < -0.39 is 6.10 Å². The number of aliphatic hydroxyl groups excluding tert-OH is 1. The van der Waals surface area contributed by atoms with Gasteiger partial charge in [-0.15, -0.1) is 0 Å². The van der Waals surface area contributed by atoms with E-state index in [4.69, 9.17) is 23.2 Å². The Bertz CT molecular complexity index is 1240. The van der Waals surface area contributed by atoms with Crippen molar-refractivity contribution < 1.29 is 9.90 Å². The summed E-state index contributed by atoms with van der Waals surface area (Å²) in [6, 6.07) is 23.8. The maximum absolute atomic E-state index is 13.9. The third-order valence-electron chi connectivity index (χ3n) is 6.46. The quantitative estimate of drug-likeness (QED) is 0.472. The summed E-state index contributed by atoms with van der Waals surface area (Å²) in [6.45, 7) is 1.21. The minimum atomic E-state index is -0.769. The molecule has 1 unspecified atom stereocenters. The first-order valence-corrected chi connectivity index (χ1v) is 12.3. The largest absolute Gasteiger partial charge is 0.387 e. The molecule has 1 amide bonds. The second kappa shape index (κ2) is 9.93. The number of hydrogen-bond acceptors (Lipinski definition) is 3. The van der Waals surface area contributed by atoms with Crippen molar-refractivity contribution in [3.05, 3.63) is 99.5 Å². The van der Waals surface area contributed by atoms with Crippen LogP contribution in [0.2, 0.25) is 10.0 Å². The summed E-state index contributed by atoms with van der Waals surface area (Å²) >= 11 is 12.7. The van der Waals surface area contributed by atoms with Crippen LogP contribution in [-0.4, -0.2) is 41.1 Å². The van der Waals surface area contributed by atoms with E-state index >= 15 is 0 Å². The van der Waals surface area contributed by atoms with E-state index in [2.05, 4.69) is 23.5 Å². The summed E-state index contributed by atoms with van der Waals surface area (Å²) in [6.07, 6.45) is 1.16. The first-order chi connectivity index (χ1) is 16.5. The molecular weight excluding hydrogens is 467 g/mol. The SMILES string of the molecule is O=C(C1=C(c2cccc(-c3ccccc3)c2)C(O)CNC1)N(Cc1cccc(Cl)c1Cl)C1CC1. The molecule has 4 nitrogen and oxygen atoms in total. The standard InChI is InChI=1S/C28H26Cl2N2O2/c29-24-11-5-10-21(27(24)30)17-32(22-12-13-22)28(34)23-15-31-16-25(33)26(23)20-9-4-8-19(14-20)18-6-2-1-3-7-18/h1-11,14,22,25,31,33H,12-13,15-17H2. The van der Waals surface area contributed by atoms with E-state index in [9.17, 15) is 9.90 Å². The number of carbonyl (C=O) groups is 1. The van der Waals surface area contributed by atoms with Crippen LogP contribution in [-0.2, 0) is 11.3 Å². The predicted octanol–water partition coefficient (Wildman–Crippen LogP) is 5.57. The fraction of sp³-hybridized carbons (Fsp3) is 0.250. The van der Waals surface area contributed by atoms with Gasteiger partial charge in [0, 0.05) is 31.2 Å². The van der Waals surface area contributed by atoms with Crippen LogP contribution >= 0.6 is 23.2 Å². The van der Waals surface area contributed by atoms with Crippen molar-refractivity contribution in [1.82, 2.24) is 10.2 Å². The van der Waals surface area contributed by atoms with Crippen LogP contribution in [0.3, 0.4) is 0 Å². The Morgan fingerprint density at radius 3 is 2.41 bits per heavy atom. The van der Waals surface area contributed by atoms with Crippen molar-refractivity contribution in [1.29, 1.82) is 0 Å². The Morgan fingerprint density at radius 2 is 1.65 bits per heavy atom. The van der Waals surface area contributed by atoms with Gasteiger partial charge in [-0.05, 0) is 52.8 Å². The third-order valence-corrected chi connectivity index (χ3v) is 7.32. The van der Waals surface area contributed by atoms with Crippen LogP contribution in [0.5, 0.6) is 0 Å². The lowest BCUT2D eigenvalue weighted by Crippen LogP contribution is -2.43. The van der Waals surface area contributed by atoms with Gasteiger partial charge in [0.25, 0.3) is 5.91 Å². The van der Waals surface area contributed by atoms with Crippen LogP contribution in [0.15, 0.2) is 78.4 Å². The molecule has 0 saturated heterocycles. The zero-order valence-electron chi connectivity index (χ0n) is 18.7. The highest BCUT2D eigenvalue weighted by molar-refractivity contribution is 6.42. The van der Waals surface area contributed by atoms with Gasteiger partial charge in [0.1, 0.15) is 0 Å². The van der Waals surface area contributed by atoms with Crippen molar-refractivity contribution in [2.45, 2.75) is 31.5 Å². The molecule has 1 atom stereocenters. The zero-order valence-corrected chi connectivity index (χ0v) is 20.2. The highest BCUT2D eigenvalue weighted by Gasteiger charge is 2.37. The van der Waals surface area contributed by atoms with Crippen LogP contribution < -0.4 is 5.32 Å². The molecule has 0 spiro atoms. The number of nitrogens with zero attached hydrogens (tertiary/aromatic N) is 1.